The number of rotatable bonds is 3. The number of nitrogens with two attached hydrogens (primary N) is 1. The van der Waals surface area contributed by atoms with Crippen molar-refractivity contribution in [3.63, 3.8) is 0 Å². The molecule has 1 rings (SSSR count). The summed E-state index contributed by atoms with van der Waals surface area (Å²) in [5.74, 6) is -0.867. The Balaban J connectivity index is 3.12. The van der Waals surface area contributed by atoms with Crippen molar-refractivity contribution >= 4 is 17.7 Å². The molecule has 80 valence electrons. The van der Waals surface area contributed by atoms with Crippen molar-refractivity contribution in [3.8, 4) is 0 Å². The van der Waals surface area contributed by atoms with E-state index >= 15 is 0 Å². The highest BCUT2D eigenvalue weighted by molar-refractivity contribution is 5.92. The normalized spacial score (nSPS) is 11.5. The number of aliphatic carboxylic acids is 1. The van der Waals surface area contributed by atoms with Crippen molar-refractivity contribution in [2.45, 2.75) is 20.3 Å². The summed E-state index contributed by atoms with van der Waals surface area (Å²) in [4.78, 5) is 10.8. The summed E-state index contributed by atoms with van der Waals surface area (Å²) in [5, 5.41) is 8.89. The summed E-state index contributed by atoms with van der Waals surface area (Å²) in [6.45, 7) is 3.74. The molecule has 0 unspecified atom stereocenters. The number of nitrogen functional groups attached to an aromatic ring is 1. The zero-order chi connectivity index (χ0) is 11.4. The largest absolute Gasteiger partial charge is 0.478 e. The first-order chi connectivity index (χ1) is 7.04. The summed E-state index contributed by atoms with van der Waals surface area (Å²) >= 11 is 0. The predicted octanol–water partition coefficient (Wildman–Crippen LogP) is 2.46. The van der Waals surface area contributed by atoms with Gasteiger partial charge in [-0.05, 0) is 42.7 Å². The average Bonchev–Trinajstić information content (AvgIpc) is 2.16. The molecule has 0 bridgehead atoms. The highest BCUT2D eigenvalue weighted by atomic mass is 16.4. The number of anilines is 1. The van der Waals surface area contributed by atoms with Crippen LogP contribution in [0.2, 0.25) is 0 Å². The third-order valence-corrected chi connectivity index (χ3v) is 2.28. The van der Waals surface area contributed by atoms with E-state index in [9.17, 15) is 4.79 Å². The fourth-order valence-electron chi connectivity index (χ4n) is 1.36. The van der Waals surface area contributed by atoms with Gasteiger partial charge in [-0.3, -0.25) is 0 Å². The molecule has 3 heteroatoms. The van der Waals surface area contributed by atoms with E-state index in [0.29, 0.717) is 17.7 Å². The highest BCUT2D eigenvalue weighted by Gasteiger charge is 2.05. The van der Waals surface area contributed by atoms with Crippen LogP contribution in [0.3, 0.4) is 0 Å². The second kappa shape index (κ2) is 4.64. The lowest BCUT2D eigenvalue weighted by atomic mass is 10.0. The van der Waals surface area contributed by atoms with Crippen molar-refractivity contribution in [1.82, 2.24) is 0 Å². The molecule has 0 amide bonds. The molecule has 1 aromatic carbocycles. The van der Waals surface area contributed by atoms with Crippen molar-refractivity contribution in [1.29, 1.82) is 0 Å². The average molecular weight is 205 g/mol. The van der Waals surface area contributed by atoms with Crippen LogP contribution in [0, 0.1) is 6.92 Å². The van der Waals surface area contributed by atoms with Crippen molar-refractivity contribution < 1.29 is 9.90 Å². The topological polar surface area (TPSA) is 63.3 Å². The van der Waals surface area contributed by atoms with Gasteiger partial charge in [0.2, 0.25) is 0 Å². The molecular weight excluding hydrogens is 190 g/mol. The fraction of sp³-hybridized carbons (Fsp3) is 0.250. The van der Waals surface area contributed by atoms with Crippen molar-refractivity contribution in [2.24, 2.45) is 0 Å². The Labute approximate surface area is 89.2 Å². The van der Waals surface area contributed by atoms with Gasteiger partial charge in [0.15, 0.2) is 0 Å². The molecular formula is C12H15NO2. The summed E-state index contributed by atoms with van der Waals surface area (Å²) in [5.41, 5.74) is 8.61. The second-order valence-corrected chi connectivity index (χ2v) is 3.44. The number of aryl methyl sites for hydroxylation is 1. The minimum absolute atomic E-state index is 0.405. The number of hydrogen-bond donors (Lipinski definition) is 2. The van der Waals surface area contributed by atoms with Gasteiger partial charge >= 0.3 is 5.97 Å². The molecule has 15 heavy (non-hydrogen) atoms. The first-order valence-electron chi connectivity index (χ1n) is 4.84. The summed E-state index contributed by atoms with van der Waals surface area (Å²) in [6, 6.07) is 5.44. The molecule has 3 nitrogen and oxygen atoms in total. The van der Waals surface area contributed by atoms with Gasteiger partial charge in [0.1, 0.15) is 0 Å². The van der Waals surface area contributed by atoms with Gasteiger partial charge in [0.25, 0.3) is 0 Å². The van der Waals surface area contributed by atoms with Crippen LogP contribution < -0.4 is 5.73 Å². The van der Waals surface area contributed by atoms with Gasteiger partial charge in [-0.1, -0.05) is 13.0 Å². The quantitative estimate of drug-likeness (QED) is 0.588. The number of carboxylic acids is 1. The molecule has 0 aliphatic rings. The van der Waals surface area contributed by atoms with Gasteiger partial charge in [0, 0.05) is 11.3 Å². The Kier molecular flexibility index (Phi) is 3.50. The molecule has 0 aliphatic heterocycles. The van der Waals surface area contributed by atoms with Crippen LogP contribution in [-0.2, 0) is 4.79 Å². The van der Waals surface area contributed by atoms with Gasteiger partial charge in [0.05, 0.1) is 0 Å². The SMILES string of the molecule is CC/C(=C\c1ccc(N)cc1C)C(=O)O. The van der Waals surface area contributed by atoms with Gasteiger partial charge in [-0.2, -0.15) is 0 Å². The number of hydrogen-bond acceptors (Lipinski definition) is 2. The minimum atomic E-state index is -0.867. The van der Waals surface area contributed by atoms with Crippen molar-refractivity contribution in [2.75, 3.05) is 5.73 Å². The van der Waals surface area contributed by atoms with E-state index in [1.54, 1.807) is 12.1 Å². The fourth-order valence-corrected chi connectivity index (χ4v) is 1.36. The van der Waals surface area contributed by atoms with Crippen molar-refractivity contribution in [3.05, 3.63) is 34.9 Å². The van der Waals surface area contributed by atoms with Crippen LogP contribution in [0.25, 0.3) is 6.08 Å². The maximum absolute atomic E-state index is 10.8. The molecule has 3 N–H and O–H groups in total. The lowest BCUT2D eigenvalue weighted by molar-refractivity contribution is -0.132. The molecule has 0 radical (unpaired) electrons. The van der Waals surface area contributed by atoms with Crippen LogP contribution in [0.1, 0.15) is 24.5 Å². The summed E-state index contributed by atoms with van der Waals surface area (Å²) in [7, 11) is 0. The molecule has 0 saturated heterocycles. The third-order valence-electron chi connectivity index (χ3n) is 2.28. The summed E-state index contributed by atoms with van der Waals surface area (Å²) < 4.78 is 0. The number of benzene rings is 1. The van der Waals surface area contributed by atoms with Crippen LogP contribution in [-0.4, -0.2) is 11.1 Å². The first kappa shape index (κ1) is 11.3. The van der Waals surface area contributed by atoms with E-state index in [-0.39, 0.29) is 0 Å². The van der Waals surface area contributed by atoms with Crippen LogP contribution in [0.4, 0.5) is 5.69 Å². The maximum Gasteiger partial charge on any atom is 0.331 e. The van der Waals surface area contributed by atoms with Crippen LogP contribution in [0.5, 0.6) is 0 Å². The Morgan fingerprint density at radius 3 is 2.67 bits per heavy atom. The monoisotopic (exact) mass is 205 g/mol. The van der Waals surface area contributed by atoms with E-state index < -0.39 is 5.97 Å². The molecule has 0 aromatic heterocycles. The Morgan fingerprint density at radius 1 is 1.53 bits per heavy atom. The third kappa shape index (κ3) is 2.84. The van der Waals surface area contributed by atoms with Gasteiger partial charge < -0.3 is 10.8 Å². The van der Waals surface area contributed by atoms with Gasteiger partial charge in [-0.15, -0.1) is 0 Å². The molecule has 0 fully saturated rings. The van der Waals surface area contributed by atoms with E-state index in [1.165, 1.54) is 0 Å². The van der Waals surface area contributed by atoms with E-state index in [1.807, 2.05) is 26.0 Å². The molecule has 0 aliphatic carbocycles. The number of carboxylic acid groups (broad SMARTS) is 1. The zero-order valence-electron chi connectivity index (χ0n) is 8.95. The lowest BCUT2D eigenvalue weighted by Crippen LogP contribution is -1.99. The van der Waals surface area contributed by atoms with E-state index in [0.717, 1.165) is 11.1 Å². The standard InChI is InChI=1S/C12H15NO2/c1-3-9(12(14)15)7-10-4-5-11(13)6-8(10)2/h4-7H,3,13H2,1-2H3,(H,14,15)/b9-7+. The Hall–Kier alpha value is -1.77. The van der Waals surface area contributed by atoms with Gasteiger partial charge in [-0.25, -0.2) is 4.79 Å². The second-order valence-electron chi connectivity index (χ2n) is 3.44. The molecule has 0 spiro atoms. The predicted molar refractivity (Wildman–Crippen MR) is 61.5 cm³/mol. The van der Waals surface area contributed by atoms with E-state index in [4.69, 9.17) is 10.8 Å². The van der Waals surface area contributed by atoms with E-state index in [2.05, 4.69) is 0 Å². The summed E-state index contributed by atoms with van der Waals surface area (Å²) in [6.07, 6.45) is 2.20. The Bertz CT molecular complexity index is 408. The van der Waals surface area contributed by atoms with Crippen LogP contribution in [0.15, 0.2) is 23.8 Å². The first-order valence-corrected chi connectivity index (χ1v) is 4.84. The smallest absolute Gasteiger partial charge is 0.331 e. The highest BCUT2D eigenvalue weighted by Crippen LogP contribution is 2.17. The molecule has 0 atom stereocenters. The maximum atomic E-state index is 10.8. The molecule has 1 aromatic rings. The zero-order valence-corrected chi connectivity index (χ0v) is 8.95. The minimum Gasteiger partial charge on any atom is -0.478 e. The molecule has 0 heterocycles. The van der Waals surface area contributed by atoms with Crippen LogP contribution >= 0.6 is 0 Å². The lowest BCUT2D eigenvalue weighted by Gasteiger charge is -2.03. The Morgan fingerprint density at radius 2 is 2.20 bits per heavy atom. The molecule has 0 saturated carbocycles. The number of carbonyl (C=O) groups is 1.